The van der Waals surface area contributed by atoms with Gasteiger partial charge >= 0.3 is 0 Å². The molecule has 2 aliphatic heterocycles. The molecule has 2 amide bonds. The van der Waals surface area contributed by atoms with Crippen molar-refractivity contribution in [3.63, 3.8) is 0 Å². The average Bonchev–Trinajstić information content (AvgIpc) is 3.03. The minimum Gasteiger partial charge on any atom is -0.341 e. The second-order valence-corrected chi connectivity index (χ2v) is 5.95. The molecule has 5 nitrogen and oxygen atoms in total. The van der Waals surface area contributed by atoms with Gasteiger partial charge in [0.05, 0.1) is 11.3 Å². The summed E-state index contributed by atoms with van der Waals surface area (Å²) in [4.78, 5) is 38.9. The van der Waals surface area contributed by atoms with Crippen molar-refractivity contribution in [2.75, 3.05) is 24.5 Å². The van der Waals surface area contributed by atoms with Crippen LogP contribution < -0.4 is 4.90 Å². The van der Waals surface area contributed by atoms with Crippen LogP contribution in [0.15, 0.2) is 16.6 Å². The van der Waals surface area contributed by atoms with E-state index in [2.05, 4.69) is 15.9 Å². The molecule has 0 aromatic heterocycles. The fourth-order valence-electron chi connectivity index (χ4n) is 2.71. The summed E-state index contributed by atoms with van der Waals surface area (Å²) < 4.78 is 13.7. The van der Waals surface area contributed by atoms with E-state index in [-0.39, 0.29) is 23.7 Å². The standard InChI is InChI=1S/C14H12BrFN2O3/c15-10-6-8(16)5-9-12(10)18(14(21)13(9)20)7-11(19)17-3-1-2-4-17/h5-6H,1-4,7H2. The van der Waals surface area contributed by atoms with Crippen LogP contribution in [0.5, 0.6) is 0 Å². The lowest BCUT2D eigenvalue weighted by Crippen LogP contribution is -2.41. The zero-order valence-electron chi connectivity index (χ0n) is 11.1. The third kappa shape index (κ3) is 2.35. The first-order valence-electron chi connectivity index (χ1n) is 6.62. The van der Waals surface area contributed by atoms with E-state index in [4.69, 9.17) is 0 Å². The van der Waals surface area contributed by atoms with Gasteiger partial charge in [0.25, 0.3) is 11.7 Å². The van der Waals surface area contributed by atoms with E-state index in [1.54, 1.807) is 4.90 Å². The summed E-state index contributed by atoms with van der Waals surface area (Å²) in [5.41, 5.74) is 0.278. The van der Waals surface area contributed by atoms with Crippen LogP contribution >= 0.6 is 15.9 Å². The van der Waals surface area contributed by atoms with Gasteiger partial charge in [0.2, 0.25) is 5.91 Å². The van der Waals surface area contributed by atoms with Gasteiger partial charge in [-0.3, -0.25) is 19.3 Å². The maximum atomic E-state index is 13.4. The molecule has 2 aliphatic rings. The molecule has 2 heterocycles. The highest BCUT2D eigenvalue weighted by molar-refractivity contribution is 9.10. The molecule has 3 rings (SSSR count). The maximum absolute atomic E-state index is 13.4. The highest BCUT2D eigenvalue weighted by Crippen LogP contribution is 2.36. The van der Waals surface area contributed by atoms with E-state index >= 15 is 0 Å². The number of carbonyl (C=O) groups excluding carboxylic acids is 3. The van der Waals surface area contributed by atoms with Crippen LogP contribution in [0.3, 0.4) is 0 Å². The molecule has 1 saturated heterocycles. The van der Waals surface area contributed by atoms with Crippen LogP contribution in [-0.2, 0) is 9.59 Å². The summed E-state index contributed by atoms with van der Waals surface area (Å²) in [6.45, 7) is 1.15. The molecule has 0 N–H and O–H groups in total. The van der Waals surface area contributed by atoms with Crippen molar-refractivity contribution in [3.8, 4) is 0 Å². The third-order valence-electron chi connectivity index (χ3n) is 3.73. The Bertz CT molecular complexity index is 656. The maximum Gasteiger partial charge on any atom is 0.299 e. The Hall–Kier alpha value is -1.76. The Kier molecular flexibility index (Phi) is 3.52. The summed E-state index contributed by atoms with van der Waals surface area (Å²) in [6.07, 6.45) is 1.90. The molecule has 21 heavy (non-hydrogen) atoms. The van der Waals surface area contributed by atoms with E-state index < -0.39 is 17.5 Å². The predicted molar refractivity (Wildman–Crippen MR) is 76.6 cm³/mol. The lowest BCUT2D eigenvalue weighted by Gasteiger charge is -2.21. The number of nitrogens with zero attached hydrogens (tertiary/aromatic N) is 2. The lowest BCUT2D eigenvalue weighted by molar-refractivity contribution is -0.129. The minimum atomic E-state index is -0.788. The molecule has 1 aromatic rings. The molecule has 0 radical (unpaired) electrons. The van der Waals surface area contributed by atoms with Gasteiger partial charge in [0.15, 0.2) is 0 Å². The smallest absolute Gasteiger partial charge is 0.299 e. The molecule has 1 fully saturated rings. The molecule has 0 spiro atoms. The van der Waals surface area contributed by atoms with E-state index in [0.717, 1.165) is 23.8 Å². The van der Waals surface area contributed by atoms with Gasteiger partial charge in [-0.25, -0.2) is 4.39 Å². The summed E-state index contributed by atoms with van der Waals surface area (Å²) >= 11 is 3.16. The van der Waals surface area contributed by atoms with Gasteiger partial charge in [0, 0.05) is 17.6 Å². The van der Waals surface area contributed by atoms with Crippen molar-refractivity contribution in [2.24, 2.45) is 0 Å². The fourth-order valence-corrected chi connectivity index (χ4v) is 3.35. The molecule has 0 saturated carbocycles. The Labute approximate surface area is 128 Å². The number of hydrogen-bond acceptors (Lipinski definition) is 3. The van der Waals surface area contributed by atoms with Crippen molar-refractivity contribution < 1.29 is 18.8 Å². The second kappa shape index (κ2) is 5.22. The van der Waals surface area contributed by atoms with E-state index in [0.29, 0.717) is 17.6 Å². The number of likely N-dealkylation sites (tertiary alicyclic amines) is 1. The monoisotopic (exact) mass is 354 g/mol. The number of rotatable bonds is 2. The van der Waals surface area contributed by atoms with Crippen LogP contribution in [0.4, 0.5) is 10.1 Å². The molecular weight excluding hydrogens is 343 g/mol. The number of carbonyl (C=O) groups is 3. The van der Waals surface area contributed by atoms with Gasteiger partial charge in [-0.1, -0.05) is 0 Å². The Morgan fingerprint density at radius 2 is 1.90 bits per heavy atom. The predicted octanol–water partition coefficient (Wildman–Crippen LogP) is 1.74. The van der Waals surface area contributed by atoms with Crippen LogP contribution in [0.25, 0.3) is 0 Å². The first-order chi connectivity index (χ1) is 9.99. The molecule has 0 bridgehead atoms. The fraction of sp³-hybridized carbons (Fsp3) is 0.357. The number of benzene rings is 1. The quantitative estimate of drug-likeness (QED) is 0.760. The van der Waals surface area contributed by atoms with E-state index in [1.807, 2.05) is 0 Å². The van der Waals surface area contributed by atoms with Crippen LogP contribution in [0, 0.1) is 5.82 Å². The Balaban J connectivity index is 1.92. The number of Topliss-reactive ketones (excluding diaryl/α,β-unsaturated/α-hetero) is 1. The lowest BCUT2D eigenvalue weighted by atomic mass is 10.1. The Morgan fingerprint density at radius 3 is 2.57 bits per heavy atom. The molecular formula is C14H12BrFN2O3. The van der Waals surface area contributed by atoms with Crippen LogP contribution in [0.1, 0.15) is 23.2 Å². The third-order valence-corrected chi connectivity index (χ3v) is 4.34. The van der Waals surface area contributed by atoms with Crippen molar-refractivity contribution in [3.05, 3.63) is 28.0 Å². The number of amides is 2. The van der Waals surface area contributed by atoms with Crippen LogP contribution in [-0.4, -0.2) is 42.1 Å². The normalized spacial score (nSPS) is 17.6. The first kappa shape index (κ1) is 14.2. The topological polar surface area (TPSA) is 57.7 Å². The second-order valence-electron chi connectivity index (χ2n) is 5.09. The molecule has 110 valence electrons. The number of fused-ring (bicyclic) bond motifs is 1. The van der Waals surface area contributed by atoms with Crippen molar-refractivity contribution in [1.82, 2.24) is 4.90 Å². The van der Waals surface area contributed by atoms with Crippen molar-refractivity contribution >= 4 is 39.2 Å². The first-order valence-corrected chi connectivity index (χ1v) is 7.41. The average molecular weight is 355 g/mol. The zero-order valence-corrected chi connectivity index (χ0v) is 12.7. The van der Waals surface area contributed by atoms with Gasteiger partial charge in [-0.2, -0.15) is 0 Å². The SMILES string of the molecule is O=C1C(=O)N(CC(=O)N2CCCC2)c2c(Br)cc(F)cc21. The van der Waals surface area contributed by atoms with Gasteiger partial charge in [-0.15, -0.1) is 0 Å². The van der Waals surface area contributed by atoms with Crippen molar-refractivity contribution in [1.29, 1.82) is 0 Å². The summed E-state index contributed by atoms with van der Waals surface area (Å²) in [5.74, 6) is -2.37. The molecule has 0 unspecified atom stereocenters. The van der Waals surface area contributed by atoms with Gasteiger partial charge in [-0.05, 0) is 40.9 Å². The van der Waals surface area contributed by atoms with Gasteiger partial charge < -0.3 is 4.90 Å². The number of hydrogen-bond donors (Lipinski definition) is 0. The largest absolute Gasteiger partial charge is 0.341 e. The molecule has 1 aromatic carbocycles. The van der Waals surface area contributed by atoms with Gasteiger partial charge in [0.1, 0.15) is 12.4 Å². The number of anilines is 1. The molecule has 7 heteroatoms. The number of ketones is 1. The summed E-state index contributed by atoms with van der Waals surface area (Å²) in [7, 11) is 0. The number of halogens is 2. The highest BCUT2D eigenvalue weighted by Gasteiger charge is 2.39. The molecule has 0 atom stereocenters. The summed E-state index contributed by atoms with van der Waals surface area (Å²) in [6, 6.07) is 2.21. The van der Waals surface area contributed by atoms with Crippen LogP contribution in [0.2, 0.25) is 0 Å². The van der Waals surface area contributed by atoms with Crippen molar-refractivity contribution in [2.45, 2.75) is 12.8 Å². The highest BCUT2D eigenvalue weighted by atomic mass is 79.9. The Morgan fingerprint density at radius 1 is 1.24 bits per heavy atom. The minimum absolute atomic E-state index is 0.00102. The molecule has 0 aliphatic carbocycles. The summed E-state index contributed by atoms with van der Waals surface area (Å²) in [5, 5.41) is 0. The van der Waals surface area contributed by atoms with E-state index in [9.17, 15) is 18.8 Å². The van der Waals surface area contributed by atoms with E-state index in [1.165, 1.54) is 6.07 Å². The zero-order chi connectivity index (χ0) is 15.1.